The van der Waals surface area contributed by atoms with Crippen LogP contribution in [-0.4, -0.2) is 36.3 Å². The fourth-order valence-corrected chi connectivity index (χ4v) is 5.88. The van der Waals surface area contributed by atoms with Crippen LogP contribution in [0.2, 0.25) is 0 Å². The number of Topliss-reactive ketones (excluding diaryl/α,β-unsaturated/α-hetero) is 1. The molecular formula is C28H31NO4. The molecule has 5 heteroatoms. The van der Waals surface area contributed by atoms with Crippen molar-refractivity contribution in [2.24, 2.45) is 17.8 Å². The molecule has 0 aromatic heterocycles. The molecule has 0 spiro atoms. The maximum Gasteiger partial charge on any atom is 0.290 e. The van der Waals surface area contributed by atoms with Gasteiger partial charge in [0.05, 0.1) is 24.6 Å². The van der Waals surface area contributed by atoms with Crippen molar-refractivity contribution in [2.75, 3.05) is 13.7 Å². The normalized spacial score (nSPS) is 28.9. The van der Waals surface area contributed by atoms with E-state index in [-0.39, 0.29) is 35.4 Å². The van der Waals surface area contributed by atoms with Crippen LogP contribution in [0.4, 0.5) is 0 Å². The zero-order chi connectivity index (χ0) is 23.1. The molecule has 172 valence electrons. The van der Waals surface area contributed by atoms with Gasteiger partial charge >= 0.3 is 0 Å². The summed E-state index contributed by atoms with van der Waals surface area (Å²) in [6.45, 7) is 4.86. The van der Waals surface area contributed by atoms with E-state index in [0.29, 0.717) is 24.5 Å². The second-order valence-corrected chi connectivity index (χ2v) is 9.76. The van der Waals surface area contributed by atoms with E-state index in [9.17, 15) is 9.59 Å². The number of ketones is 1. The van der Waals surface area contributed by atoms with Crippen molar-refractivity contribution in [1.82, 2.24) is 4.90 Å². The third kappa shape index (κ3) is 3.84. The summed E-state index contributed by atoms with van der Waals surface area (Å²) >= 11 is 0. The number of hydrogen-bond donors (Lipinski definition) is 0. The minimum absolute atomic E-state index is 0.105. The van der Waals surface area contributed by atoms with Crippen molar-refractivity contribution in [2.45, 2.75) is 45.3 Å². The first kappa shape index (κ1) is 21.7. The Morgan fingerprint density at radius 1 is 1.00 bits per heavy atom. The van der Waals surface area contributed by atoms with Crippen LogP contribution in [0, 0.1) is 17.8 Å². The van der Waals surface area contributed by atoms with E-state index >= 15 is 0 Å². The number of hydrogen-bond acceptors (Lipinski definition) is 4. The quantitative estimate of drug-likeness (QED) is 0.668. The smallest absolute Gasteiger partial charge is 0.290 e. The van der Waals surface area contributed by atoms with Crippen molar-refractivity contribution < 1.29 is 19.1 Å². The molecule has 1 saturated carbocycles. The number of amides is 1. The first-order chi connectivity index (χ1) is 16.0. The first-order valence-electron chi connectivity index (χ1n) is 11.9. The molecule has 1 amide bonds. The van der Waals surface area contributed by atoms with Crippen LogP contribution in [0.3, 0.4) is 0 Å². The van der Waals surface area contributed by atoms with Crippen molar-refractivity contribution in [3.8, 4) is 5.75 Å². The van der Waals surface area contributed by atoms with E-state index in [0.717, 1.165) is 29.7 Å². The Morgan fingerprint density at radius 3 is 2.42 bits per heavy atom. The minimum atomic E-state index is -0.395. The molecule has 5 nitrogen and oxygen atoms in total. The third-order valence-electron chi connectivity index (χ3n) is 7.44. The van der Waals surface area contributed by atoms with Gasteiger partial charge in [-0.2, -0.15) is 0 Å². The van der Waals surface area contributed by atoms with E-state index in [1.165, 1.54) is 0 Å². The van der Waals surface area contributed by atoms with Crippen LogP contribution in [0.5, 0.6) is 5.75 Å². The van der Waals surface area contributed by atoms with E-state index in [1.54, 1.807) is 7.11 Å². The highest BCUT2D eigenvalue weighted by Crippen LogP contribution is 2.48. The minimum Gasteiger partial charge on any atom is -0.497 e. The van der Waals surface area contributed by atoms with Gasteiger partial charge in [-0.3, -0.25) is 9.59 Å². The van der Waals surface area contributed by atoms with Gasteiger partial charge in [-0.1, -0.05) is 56.3 Å². The van der Waals surface area contributed by atoms with E-state index < -0.39 is 6.04 Å². The Balaban J connectivity index is 1.48. The number of nitrogens with zero attached hydrogens (tertiary/aromatic N) is 1. The Bertz CT molecular complexity index is 1070. The Morgan fingerprint density at radius 2 is 1.73 bits per heavy atom. The van der Waals surface area contributed by atoms with E-state index in [1.807, 2.05) is 59.5 Å². The van der Waals surface area contributed by atoms with Gasteiger partial charge in [0.1, 0.15) is 11.9 Å². The van der Waals surface area contributed by atoms with Crippen LogP contribution in [0.25, 0.3) is 0 Å². The molecule has 0 N–H and O–H groups in total. The molecule has 5 unspecified atom stereocenters. The van der Waals surface area contributed by atoms with Crippen LogP contribution < -0.4 is 4.74 Å². The largest absolute Gasteiger partial charge is 0.497 e. The molecule has 1 fully saturated rings. The van der Waals surface area contributed by atoms with Gasteiger partial charge in [-0.15, -0.1) is 0 Å². The number of rotatable bonds is 5. The monoisotopic (exact) mass is 445 g/mol. The predicted molar refractivity (Wildman–Crippen MR) is 126 cm³/mol. The molecule has 5 atom stereocenters. The molecule has 1 aliphatic carbocycles. The molecule has 5 rings (SSSR count). The summed E-state index contributed by atoms with van der Waals surface area (Å²) in [6.07, 6.45) is 2.34. The summed E-state index contributed by atoms with van der Waals surface area (Å²) < 4.78 is 11.6. The number of carbonyl (C=O) groups is 2. The van der Waals surface area contributed by atoms with Crippen molar-refractivity contribution in [1.29, 1.82) is 0 Å². The van der Waals surface area contributed by atoms with Crippen LogP contribution in [0.1, 0.15) is 43.9 Å². The van der Waals surface area contributed by atoms with Gasteiger partial charge in [0.2, 0.25) is 0 Å². The number of fused-ring (bicyclic) bond motifs is 1. The number of carbonyl (C=O) groups excluding carboxylic acids is 2. The second kappa shape index (κ2) is 8.69. The zero-order valence-corrected chi connectivity index (χ0v) is 19.5. The zero-order valence-electron chi connectivity index (χ0n) is 19.5. The van der Waals surface area contributed by atoms with Crippen molar-refractivity contribution in [3.63, 3.8) is 0 Å². The molecule has 33 heavy (non-hydrogen) atoms. The van der Waals surface area contributed by atoms with E-state index in [4.69, 9.17) is 9.47 Å². The maximum absolute atomic E-state index is 13.8. The Hall–Kier alpha value is -3.08. The molecule has 2 aromatic rings. The number of methoxy groups -OCH3 is 1. The molecule has 0 bridgehead atoms. The molecule has 0 radical (unpaired) electrons. The molecule has 2 aromatic carbocycles. The van der Waals surface area contributed by atoms with Gasteiger partial charge in [0.15, 0.2) is 11.5 Å². The SMILES string of the molecule is COc1ccc(CCN2C(=O)C3=C(C(=O)C4CC(C)CC(C)C4O3)C2c2ccccc2)cc1. The summed E-state index contributed by atoms with van der Waals surface area (Å²) in [4.78, 5) is 29.3. The summed E-state index contributed by atoms with van der Waals surface area (Å²) in [7, 11) is 1.65. The van der Waals surface area contributed by atoms with Crippen LogP contribution in [0.15, 0.2) is 65.9 Å². The molecule has 2 heterocycles. The lowest BCUT2D eigenvalue weighted by atomic mass is 9.70. The molecule has 3 aliphatic rings. The van der Waals surface area contributed by atoms with Gasteiger partial charge in [-0.25, -0.2) is 0 Å². The van der Waals surface area contributed by atoms with Gasteiger partial charge in [-0.05, 0) is 54.4 Å². The Labute approximate surface area is 195 Å². The second-order valence-electron chi connectivity index (χ2n) is 9.76. The van der Waals surface area contributed by atoms with Crippen LogP contribution >= 0.6 is 0 Å². The molecular weight excluding hydrogens is 414 g/mol. The van der Waals surface area contributed by atoms with Gasteiger partial charge < -0.3 is 14.4 Å². The lowest BCUT2D eigenvalue weighted by Crippen LogP contribution is -2.45. The third-order valence-corrected chi connectivity index (χ3v) is 7.44. The van der Waals surface area contributed by atoms with E-state index in [2.05, 4.69) is 13.8 Å². The van der Waals surface area contributed by atoms with Gasteiger partial charge in [0, 0.05) is 6.54 Å². The highest BCUT2D eigenvalue weighted by molar-refractivity contribution is 6.11. The lowest BCUT2D eigenvalue weighted by molar-refractivity contribution is -0.138. The van der Waals surface area contributed by atoms with Crippen molar-refractivity contribution >= 4 is 11.7 Å². The van der Waals surface area contributed by atoms with Gasteiger partial charge in [0.25, 0.3) is 5.91 Å². The summed E-state index contributed by atoms with van der Waals surface area (Å²) in [5.41, 5.74) is 2.63. The summed E-state index contributed by atoms with van der Waals surface area (Å²) in [5, 5.41) is 0. The highest BCUT2D eigenvalue weighted by atomic mass is 16.5. The summed E-state index contributed by atoms with van der Waals surface area (Å²) in [6, 6.07) is 17.4. The average Bonchev–Trinajstić information content (AvgIpc) is 3.11. The fourth-order valence-electron chi connectivity index (χ4n) is 5.88. The number of ether oxygens (including phenoxy) is 2. The van der Waals surface area contributed by atoms with Crippen LogP contribution in [-0.2, 0) is 20.7 Å². The average molecular weight is 446 g/mol. The van der Waals surface area contributed by atoms with Crippen molar-refractivity contribution in [3.05, 3.63) is 77.1 Å². The standard InChI is InChI=1S/C28H31NO4/c1-17-15-18(2)26-22(16-17)25(30)23-24(20-7-5-4-6-8-20)29(28(31)27(23)33-26)14-13-19-9-11-21(32-3)12-10-19/h4-12,17-18,22,24,26H,13-16H2,1-3H3. The molecule has 2 aliphatic heterocycles. The summed E-state index contributed by atoms with van der Waals surface area (Å²) in [5.74, 6) is 1.61. The first-order valence-corrected chi connectivity index (χ1v) is 11.9. The highest BCUT2D eigenvalue weighted by Gasteiger charge is 2.53. The fraction of sp³-hybridized carbons (Fsp3) is 0.429. The lowest BCUT2D eigenvalue weighted by Gasteiger charge is -2.41. The molecule has 0 saturated heterocycles. The topological polar surface area (TPSA) is 55.8 Å². The maximum atomic E-state index is 13.8. The number of benzene rings is 2. The Kier molecular flexibility index (Phi) is 5.73. The predicted octanol–water partition coefficient (Wildman–Crippen LogP) is 4.73.